The van der Waals surface area contributed by atoms with Crippen LogP contribution in [0.25, 0.3) is 22.7 Å². The molecule has 0 aliphatic carbocycles. The van der Waals surface area contributed by atoms with Gasteiger partial charge in [0.2, 0.25) is 0 Å². The van der Waals surface area contributed by atoms with Gasteiger partial charge in [-0.05, 0) is 51.0 Å². The van der Waals surface area contributed by atoms with Gasteiger partial charge in [0.15, 0.2) is 28.9 Å². The van der Waals surface area contributed by atoms with Crippen molar-refractivity contribution in [1.29, 1.82) is 0 Å². The van der Waals surface area contributed by atoms with E-state index in [2.05, 4.69) is 15.2 Å². The number of methoxy groups -OCH3 is 1. The third-order valence-corrected chi connectivity index (χ3v) is 6.83. The van der Waals surface area contributed by atoms with E-state index in [9.17, 15) is 9.50 Å². The molecular weight excluding hydrogens is 487 g/mol. The second-order valence-corrected chi connectivity index (χ2v) is 9.73. The zero-order valence-corrected chi connectivity index (χ0v) is 21.1. The van der Waals surface area contributed by atoms with Crippen molar-refractivity contribution in [3.05, 3.63) is 65.2 Å². The van der Waals surface area contributed by atoms with Crippen LogP contribution in [0.15, 0.2) is 47.0 Å². The predicted octanol–water partition coefficient (Wildman–Crippen LogP) is 5.55. The molecule has 10 heteroatoms. The van der Waals surface area contributed by atoms with Crippen LogP contribution >= 0.6 is 11.6 Å². The van der Waals surface area contributed by atoms with Gasteiger partial charge in [-0.25, -0.2) is 9.37 Å². The maximum absolute atomic E-state index is 13.8. The molecule has 8 nitrogen and oxygen atoms in total. The highest BCUT2D eigenvalue weighted by Gasteiger charge is 2.53. The number of oxazole rings is 1. The first kappa shape index (κ1) is 24.3. The standard InChI is InChI=1S/C26H26ClFN4O4/c1-15-29-14-22(35-15)18-8-6-16(12-21(18)34-4)23-30-31-24-26(25(2,3)33,10-5-11-32(23)24)36-17-7-9-20(28)19(27)13-17/h6-9,12-14,33H,5,10-11H2,1-4H3. The summed E-state index contributed by atoms with van der Waals surface area (Å²) >= 11 is 5.99. The smallest absolute Gasteiger partial charge is 0.196 e. The first-order valence-electron chi connectivity index (χ1n) is 11.5. The minimum Gasteiger partial charge on any atom is -0.496 e. The molecule has 1 atom stereocenters. The molecule has 0 saturated heterocycles. The van der Waals surface area contributed by atoms with E-state index in [0.717, 1.165) is 11.1 Å². The Morgan fingerprint density at radius 1 is 1.19 bits per heavy atom. The molecule has 2 aromatic carbocycles. The fraction of sp³-hybridized carbons (Fsp3) is 0.346. The van der Waals surface area contributed by atoms with E-state index in [1.165, 1.54) is 18.2 Å². The summed E-state index contributed by atoms with van der Waals surface area (Å²) in [6, 6.07) is 9.78. The Bertz CT molecular complexity index is 1430. The average molecular weight is 513 g/mol. The van der Waals surface area contributed by atoms with Gasteiger partial charge < -0.3 is 23.6 Å². The summed E-state index contributed by atoms with van der Waals surface area (Å²) in [5, 5.41) is 20.2. The molecule has 1 N–H and O–H groups in total. The number of aromatic nitrogens is 4. The second-order valence-electron chi connectivity index (χ2n) is 9.33. The van der Waals surface area contributed by atoms with E-state index in [4.69, 9.17) is 25.5 Å². The minimum absolute atomic E-state index is 0.0644. The van der Waals surface area contributed by atoms with Gasteiger partial charge >= 0.3 is 0 Å². The normalized spacial score (nSPS) is 17.6. The van der Waals surface area contributed by atoms with Crippen molar-refractivity contribution in [2.45, 2.75) is 51.4 Å². The van der Waals surface area contributed by atoms with E-state index in [-0.39, 0.29) is 5.02 Å². The third-order valence-electron chi connectivity index (χ3n) is 6.54. The van der Waals surface area contributed by atoms with Crippen LogP contribution < -0.4 is 9.47 Å². The molecule has 1 aliphatic rings. The quantitative estimate of drug-likeness (QED) is 0.362. The van der Waals surface area contributed by atoms with Gasteiger partial charge in [-0.1, -0.05) is 17.7 Å². The van der Waals surface area contributed by atoms with Gasteiger partial charge in [0, 0.05) is 25.1 Å². The van der Waals surface area contributed by atoms with Crippen LogP contribution in [-0.2, 0) is 12.1 Å². The highest BCUT2D eigenvalue weighted by atomic mass is 35.5. The van der Waals surface area contributed by atoms with Gasteiger partial charge in [-0.15, -0.1) is 10.2 Å². The maximum Gasteiger partial charge on any atom is 0.196 e. The van der Waals surface area contributed by atoms with Gasteiger partial charge in [-0.2, -0.15) is 0 Å². The number of nitrogens with zero attached hydrogens (tertiary/aromatic N) is 4. The topological polar surface area (TPSA) is 95.4 Å². The van der Waals surface area contributed by atoms with Crippen molar-refractivity contribution in [3.8, 4) is 34.2 Å². The molecule has 3 heterocycles. The van der Waals surface area contributed by atoms with E-state index in [1.807, 2.05) is 22.8 Å². The Morgan fingerprint density at radius 2 is 2.00 bits per heavy atom. The molecule has 0 bridgehead atoms. The molecule has 4 aromatic rings. The third kappa shape index (κ3) is 4.02. The Morgan fingerprint density at radius 3 is 2.67 bits per heavy atom. The summed E-state index contributed by atoms with van der Waals surface area (Å²) < 4.78 is 33.4. The number of hydrogen-bond acceptors (Lipinski definition) is 7. The first-order chi connectivity index (χ1) is 17.1. The molecule has 5 rings (SSSR count). The number of benzene rings is 2. The van der Waals surface area contributed by atoms with Crippen LogP contribution in [0, 0.1) is 12.7 Å². The number of aliphatic hydroxyl groups is 1. The summed E-state index contributed by atoms with van der Waals surface area (Å²) in [7, 11) is 1.59. The van der Waals surface area contributed by atoms with Crippen LogP contribution in [-0.4, -0.2) is 37.6 Å². The Hall–Kier alpha value is -3.43. The number of fused-ring (bicyclic) bond motifs is 1. The van der Waals surface area contributed by atoms with Gasteiger partial charge in [0.1, 0.15) is 22.9 Å². The molecule has 0 amide bonds. The fourth-order valence-electron chi connectivity index (χ4n) is 4.69. The lowest BCUT2D eigenvalue weighted by molar-refractivity contribution is -0.137. The van der Waals surface area contributed by atoms with Crippen LogP contribution in [0.3, 0.4) is 0 Å². The van der Waals surface area contributed by atoms with Crippen molar-refractivity contribution in [3.63, 3.8) is 0 Å². The monoisotopic (exact) mass is 512 g/mol. The first-order valence-corrected chi connectivity index (χ1v) is 11.9. The van der Waals surface area contributed by atoms with Gasteiger partial charge in [0.25, 0.3) is 0 Å². The van der Waals surface area contributed by atoms with Gasteiger partial charge in [-0.3, -0.25) is 0 Å². The zero-order valence-electron chi connectivity index (χ0n) is 20.4. The van der Waals surface area contributed by atoms with Crippen molar-refractivity contribution >= 4 is 11.6 Å². The Kier molecular flexibility index (Phi) is 6.00. The molecule has 0 saturated carbocycles. The summed E-state index contributed by atoms with van der Waals surface area (Å²) in [4.78, 5) is 4.17. The van der Waals surface area contributed by atoms with Crippen molar-refractivity contribution in [1.82, 2.24) is 19.7 Å². The molecule has 1 aliphatic heterocycles. The summed E-state index contributed by atoms with van der Waals surface area (Å²) in [6.07, 6.45) is 2.84. The number of hydrogen-bond donors (Lipinski definition) is 1. The Labute approximate surface area is 212 Å². The summed E-state index contributed by atoms with van der Waals surface area (Å²) in [5.74, 6) is 2.63. The van der Waals surface area contributed by atoms with Crippen molar-refractivity contribution in [2.24, 2.45) is 0 Å². The lowest BCUT2D eigenvalue weighted by Gasteiger charge is -2.44. The van der Waals surface area contributed by atoms with E-state index < -0.39 is 17.0 Å². The van der Waals surface area contributed by atoms with Crippen LogP contribution in [0.1, 0.15) is 38.4 Å². The summed E-state index contributed by atoms with van der Waals surface area (Å²) in [6.45, 7) is 5.75. The van der Waals surface area contributed by atoms with Crippen LogP contribution in [0.2, 0.25) is 5.02 Å². The number of ether oxygens (including phenoxy) is 2. The molecule has 188 valence electrons. The molecule has 0 spiro atoms. The van der Waals surface area contributed by atoms with E-state index in [0.29, 0.717) is 54.2 Å². The van der Waals surface area contributed by atoms with Crippen LogP contribution in [0.5, 0.6) is 11.5 Å². The largest absolute Gasteiger partial charge is 0.496 e. The van der Waals surface area contributed by atoms with E-state index in [1.54, 1.807) is 34.1 Å². The minimum atomic E-state index is -1.35. The highest BCUT2D eigenvalue weighted by molar-refractivity contribution is 6.30. The molecule has 36 heavy (non-hydrogen) atoms. The van der Waals surface area contributed by atoms with Gasteiger partial charge in [0.05, 0.1) is 23.9 Å². The zero-order chi connectivity index (χ0) is 25.7. The second kappa shape index (κ2) is 8.90. The summed E-state index contributed by atoms with van der Waals surface area (Å²) in [5.41, 5.74) is -1.04. The molecule has 0 fully saturated rings. The number of aryl methyl sites for hydroxylation is 1. The highest BCUT2D eigenvalue weighted by Crippen LogP contribution is 2.45. The van der Waals surface area contributed by atoms with E-state index >= 15 is 0 Å². The number of halogens is 2. The number of rotatable bonds is 6. The lowest BCUT2D eigenvalue weighted by Crippen LogP contribution is -2.55. The lowest BCUT2D eigenvalue weighted by atomic mass is 9.79. The fourth-order valence-corrected chi connectivity index (χ4v) is 4.86. The molecular formula is C26H26ClFN4O4. The van der Waals surface area contributed by atoms with Crippen LogP contribution in [0.4, 0.5) is 4.39 Å². The maximum atomic E-state index is 13.8. The molecule has 1 unspecified atom stereocenters. The Balaban J connectivity index is 1.59. The predicted molar refractivity (Wildman–Crippen MR) is 131 cm³/mol. The molecule has 0 radical (unpaired) electrons. The van der Waals surface area contributed by atoms with Crippen molar-refractivity contribution < 1.29 is 23.4 Å². The average Bonchev–Trinajstić information content (AvgIpc) is 3.47. The van der Waals surface area contributed by atoms with Crippen molar-refractivity contribution in [2.75, 3.05) is 7.11 Å². The SMILES string of the molecule is COc1cc(-c2nnc3n2CCCC3(Oc2ccc(F)c(Cl)c2)C(C)(C)O)ccc1-c1cnc(C)o1. The molecule has 2 aromatic heterocycles.